The third kappa shape index (κ3) is 3.48. The molecule has 0 aliphatic carbocycles. The van der Waals surface area contributed by atoms with E-state index in [0.717, 1.165) is 11.1 Å². The molecule has 0 radical (unpaired) electrons. The molecule has 7 nitrogen and oxygen atoms in total. The number of halogens is 1. The van der Waals surface area contributed by atoms with Crippen molar-refractivity contribution in [3.63, 3.8) is 0 Å². The number of nitrogens with zero attached hydrogens (tertiary/aromatic N) is 4. The molecule has 8 heteroatoms. The molecule has 160 valence electrons. The number of nitrogens with one attached hydrogen (secondary N) is 1. The second-order valence-corrected chi connectivity index (χ2v) is 8.01. The van der Waals surface area contributed by atoms with Crippen molar-refractivity contribution in [1.82, 2.24) is 19.4 Å². The molecular weight excluding hydrogens is 397 g/mol. The number of anilines is 1. The fraction of sp³-hybridized carbons (Fsp3) is 0.304. The number of carbonyl (C=O) groups is 1. The first-order valence-electron chi connectivity index (χ1n) is 10.0. The van der Waals surface area contributed by atoms with E-state index in [1.54, 1.807) is 30.1 Å². The Labute approximate surface area is 179 Å². The highest BCUT2D eigenvalue weighted by Crippen LogP contribution is 2.39. The summed E-state index contributed by atoms with van der Waals surface area (Å²) in [7, 11) is 1.61. The minimum absolute atomic E-state index is 0.209. The predicted molar refractivity (Wildman–Crippen MR) is 117 cm³/mol. The molecule has 1 atom stereocenters. The maximum absolute atomic E-state index is 15.2. The van der Waals surface area contributed by atoms with E-state index in [1.807, 2.05) is 13.8 Å². The molecule has 2 aromatic heterocycles. The number of aryl methyl sites for hydroxylation is 2. The van der Waals surface area contributed by atoms with Gasteiger partial charge in [0.2, 0.25) is 5.91 Å². The molecule has 3 heterocycles. The SMILES string of the molecule is C=CC(=O)N1CC[C@@](Nc2ccc3ncn(C)c(=O)c3n2)(c2c(F)ccc(C)c2C)C1. The van der Waals surface area contributed by atoms with Gasteiger partial charge in [-0.15, -0.1) is 0 Å². The van der Waals surface area contributed by atoms with Crippen LogP contribution < -0.4 is 10.9 Å². The predicted octanol–water partition coefficient (Wildman–Crippen LogP) is 2.81. The van der Waals surface area contributed by atoms with Crippen LogP contribution in [0.25, 0.3) is 11.0 Å². The number of hydrogen-bond donors (Lipinski definition) is 1. The number of hydrogen-bond acceptors (Lipinski definition) is 5. The van der Waals surface area contributed by atoms with Crippen molar-refractivity contribution >= 4 is 22.8 Å². The Bertz CT molecular complexity index is 1270. The van der Waals surface area contributed by atoms with Crippen LogP contribution in [0.4, 0.5) is 10.2 Å². The molecule has 3 aromatic rings. The van der Waals surface area contributed by atoms with Crippen molar-refractivity contribution in [3.8, 4) is 0 Å². The van der Waals surface area contributed by atoms with Crippen LogP contribution in [0.1, 0.15) is 23.1 Å². The monoisotopic (exact) mass is 421 g/mol. The number of rotatable bonds is 4. The van der Waals surface area contributed by atoms with Gasteiger partial charge in [0.1, 0.15) is 11.6 Å². The fourth-order valence-corrected chi connectivity index (χ4v) is 4.26. The highest BCUT2D eigenvalue weighted by Gasteiger charge is 2.44. The van der Waals surface area contributed by atoms with Gasteiger partial charge in [0, 0.05) is 25.7 Å². The second-order valence-electron chi connectivity index (χ2n) is 8.01. The molecule has 0 unspecified atom stereocenters. The van der Waals surface area contributed by atoms with Gasteiger partial charge in [-0.05, 0) is 55.7 Å². The standard InChI is InChI=1S/C23H24FN5O2/c1-5-19(30)29-11-10-23(12-29,20-15(3)14(2)6-7-16(20)24)27-18-9-8-17-21(26-18)22(31)28(4)13-25-17/h5-9,13H,1,10-12H2,2-4H3,(H,26,27)/t23-/m0/s1. The number of carbonyl (C=O) groups excluding carboxylic acids is 1. The van der Waals surface area contributed by atoms with Gasteiger partial charge in [-0.1, -0.05) is 12.6 Å². The summed E-state index contributed by atoms with van der Waals surface area (Å²) in [6.07, 6.45) is 3.19. The molecule has 1 aliphatic rings. The average Bonchev–Trinajstić information content (AvgIpc) is 3.18. The third-order valence-corrected chi connectivity index (χ3v) is 6.05. The van der Waals surface area contributed by atoms with E-state index in [4.69, 9.17) is 0 Å². The van der Waals surface area contributed by atoms with Crippen LogP contribution in [0.5, 0.6) is 0 Å². The molecule has 0 bridgehead atoms. The van der Waals surface area contributed by atoms with Crippen LogP contribution in [0.2, 0.25) is 0 Å². The quantitative estimate of drug-likeness (QED) is 0.656. The Kier molecular flexibility index (Phi) is 5.08. The van der Waals surface area contributed by atoms with Gasteiger partial charge in [0.25, 0.3) is 5.56 Å². The summed E-state index contributed by atoms with van der Waals surface area (Å²) < 4.78 is 16.5. The molecule has 1 aliphatic heterocycles. The van der Waals surface area contributed by atoms with E-state index in [2.05, 4.69) is 21.9 Å². The summed E-state index contributed by atoms with van der Waals surface area (Å²) in [5.74, 6) is -0.133. The zero-order chi connectivity index (χ0) is 22.3. The van der Waals surface area contributed by atoms with Gasteiger partial charge >= 0.3 is 0 Å². The lowest BCUT2D eigenvalue weighted by molar-refractivity contribution is -0.125. The van der Waals surface area contributed by atoms with Crippen LogP contribution in [-0.2, 0) is 17.4 Å². The highest BCUT2D eigenvalue weighted by molar-refractivity contribution is 5.87. The second kappa shape index (κ2) is 7.61. The Hall–Kier alpha value is -3.55. The number of amides is 1. The summed E-state index contributed by atoms with van der Waals surface area (Å²) in [5, 5.41) is 3.37. The Morgan fingerprint density at radius 3 is 2.81 bits per heavy atom. The van der Waals surface area contributed by atoms with E-state index in [-0.39, 0.29) is 29.3 Å². The number of benzene rings is 1. The van der Waals surface area contributed by atoms with E-state index < -0.39 is 5.54 Å². The van der Waals surface area contributed by atoms with Crippen LogP contribution in [0, 0.1) is 19.7 Å². The molecule has 1 amide bonds. The molecule has 1 fully saturated rings. The maximum Gasteiger partial charge on any atom is 0.279 e. The topological polar surface area (TPSA) is 80.1 Å². The Balaban J connectivity index is 1.85. The van der Waals surface area contributed by atoms with Crippen LogP contribution in [0.15, 0.2) is 48.0 Å². The summed E-state index contributed by atoms with van der Waals surface area (Å²) in [5.41, 5.74) is 1.82. The summed E-state index contributed by atoms with van der Waals surface area (Å²) in [6.45, 7) is 8.07. The van der Waals surface area contributed by atoms with Gasteiger partial charge in [-0.25, -0.2) is 14.4 Å². The van der Waals surface area contributed by atoms with Gasteiger partial charge in [-0.3, -0.25) is 9.59 Å². The van der Waals surface area contributed by atoms with Crippen molar-refractivity contribution in [2.24, 2.45) is 7.05 Å². The van der Waals surface area contributed by atoms with Crippen LogP contribution in [-0.4, -0.2) is 38.4 Å². The van der Waals surface area contributed by atoms with Crippen LogP contribution >= 0.6 is 0 Å². The zero-order valence-corrected chi connectivity index (χ0v) is 17.8. The molecule has 1 N–H and O–H groups in total. The maximum atomic E-state index is 15.2. The first-order valence-corrected chi connectivity index (χ1v) is 10.0. The summed E-state index contributed by atoms with van der Waals surface area (Å²) in [4.78, 5) is 35.2. The molecule has 0 spiro atoms. The van der Waals surface area contributed by atoms with Crippen molar-refractivity contribution in [1.29, 1.82) is 0 Å². The lowest BCUT2D eigenvalue weighted by Crippen LogP contribution is -2.41. The first-order chi connectivity index (χ1) is 14.8. The number of likely N-dealkylation sites (tertiary alicyclic amines) is 1. The summed E-state index contributed by atoms with van der Waals surface area (Å²) in [6, 6.07) is 6.62. The molecule has 4 rings (SSSR count). The van der Waals surface area contributed by atoms with Gasteiger partial charge in [-0.2, -0.15) is 0 Å². The highest BCUT2D eigenvalue weighted by atomic mass is 19.1. The van der Waals surface area contributed by atoms with Crippen molar-refractivity contribution in [2.75, 3.05) is 18.4 Å². The zero-order valence-electron chi connectivity index (χ0n) is 17.8. The Morgan fingerprint density at radius 1 is 1.29 bits per heavy atom. The van der Waals surface area contributed by atoms with Crippen molar-refractivity contribution in [3.05, 3.63) is 76.1 Å². The molecule has 1 saturated heterocycles. The normalized spacial score (nSPS) is 18.4. The minimum Gasteiger partial charge on any atom is -0.359 e. The third-order valence-electron chi connectivity index (χ3n) is 6.05. The lowest BCUT2D eigenvalue weighted by Gasteiger charge is -2.34. The van der Waals surface area contributed by atoms with E-state index in [0.29, 0.717) is 29.9 Å². The van der Waals surface area contributed by atoms with Crippen LogP contribution in [0.3, 0.4) is 0 Å². The van der Waals surface area contributed by atoms with E-state index >= 15 is 4.39 Å². The number of pyridine rings is 1. The number of aromatic nitrogens is 3. The average molecular weight is 421 g/mol. The minimum atomic E-state index is -0.896. The van der Waals surface area contributed by atoms with E-state index in [1.165, 1.54) is 23.0 Å². The van der Waals surface area contributed by atoms with Gasteiger partial charge in [0.15, 0.2) is 5.52 Å². The molecule has 0 saturated carbocycles. The van der Waals surface area contributed by atoms with Crippen molar-refractivity contribution in [2.45, 2.75) is 25.8 Å². The molecule has 1 aromatic carbocycles. The van der Waals surface area contributed by atoms with Gasteiger partial charge < -0.3 is 14.8 Å². The smallest absolute Gasteiger partial charge is 0.279 e. The number of fused-ring (bicyclic) bond motifs is 1. The largest absolute Gasteiger partial charge is 0.359 e. The van der Waals surface area contributed by atoms with Crippen molar-refractivity contribution < 1.29 is 9.18 Å². The molecule has 31 heavy (non-hydrogen) atoms. The van der Waals surface area contributed by atoms with E-state index in [9.17, 15) is 9.59 Å². The Morgan fingerprint density at radius 2 is 2.06 bits per heavy atom. The first kappa shape index (κ1) is 20.7. The lowest BCUT2D eigenvalue weighted by atomic mass is 9.83. The van der Waals surface area contributed by atoms with Gasteiger partial charge in [0.05, 0.1) is 17.4 Å². The summed E-state index contributed by atoms with van der Waals surface area (Å²) >= 11 is 0. The fourth-order valence-electron chi connectivity index (χ4n) is 4.26. The molecular formula is C23H24FN5O2.